The highest BCUT2D eigenvalue weighted by atomic mass is 32.2. The zero-order valence-corrected chi connectivity index (χ0v) is 21.5. The summed E-state index contributed by atoms with van der Waals surface area (Å²) in [6.07, 6.45) is 4.06. The number of carbonyl (C=O) groups is 2. The van der Waals surface area contributed by atoms with E-state index in [2.05, 4.69) is 15.3 Å². The van der Waals surface area contributed by atoms with E-state index in [1.165, 1.54) is 19.5 Å². The molecule has 2 aromatic heterocycles. The molecule has 0 radical (unpaired) electrons. The van der Waals surface area contributed by atoms with Gasteiger partial charge in [-0.25, -0.2) is 4.98 Å². The molecule has 3 aromatic rings. The molecule has 3 rings (SSSR count). The number of nitrogens with zero attached hydrogens (tertiary/aromatic N) is 2. The highest BCUT2D eigenvalue weighted by Crippen LogP contribution is 2.27. The first-order valence-corrected chi connectivity index (χ1v) is 12.7. The Labute approximate surface area is 212 Å². The normalized spacial score (nSPS) is 11.4. The van der Waals surface area contributed by atoms with Gasteiger partial charge in [0.25, 0.3) is 5.91 Å². The molecular weight excluding hydrogens is 482 g/mol. The Morgan fingerprint density at radius 3 is 2.58 bits per heavy atom. The van der Waals surface area contributed by atoms with Gasteiger partial charge in [-0.05, 0) is 43.2 Å². The molecule has 0 aliphatic carbocycles. The molecule has 10 heteroatoms. The molecule has 0 saturated heterocycles. The number of benzene rings is 1. The third kappa shape index (κ3) is 6.66. The zero-order chi connectivity index (χ0) is 26.1. The Morgan fingerprint density at radius 2 is 1.86 bits per heavy atom. The van der Waals surface area contributed by atoms with Crippen LogP contribution in [0.5, 0.6) is 11.5 Å². The number of carbonyl (C=O) groups excluding carboxylic acids is 2. The van der Waals surface area contributed by atoms with E-state index in [-0.39, 0.29) is 28.9 Å². The summed E-state index contributed by atoms with van der Waals surface area (Å²) in [4.78, 5) is 33.4. The molecule has 36 heavy (non-hydrogen) atoms. The Balaban J connectivity index is 1.79. The van der Waals surface area contributed by atoms with Gasteiger partial charge in [-0.3, -0.25) is 18.8 Å². The maximum atomic E-state index is 13.3. The summed E-state index contributed by atoms with van der Waals surface area (Å²) in [5.74, 6) is 0.489. The number of methoxy groups -OCH3 is 2. The average molecular weight is 512 g/mol. The highest BCUT2D eigenvalue weighted by Gasteiger charge is 2.20. The SMILES string of the molecule is CCCC(=O)OCc1nccc(NC(=O)c2cccnc2S(=O)Cc2ccc(OC)cc2OC)c1C. The summed E-state index contributed by atoms with van der Waals surface area (Å²) >= 11 is 0. The number of nitrogens with one attached hydrogen (secondary N) is 1. The lowest BCUT2D eigenvalue weighted by molar-refractivity contribution is -0.145. The van der Waals surface area contributed by atoms with E-state index in [4.69, 9.17) is 14.2 Å². The number of ether oxygens (including phenoxy) is 3. The van der Waals surface area contributed by atoms with Crippen LogP contribution in [0.3, 0.4) is 0 Å². The van der Waals surface area contributed by atoms with E-state index in [0.29, 0.717) is 46.8 Å². The molecule has 1 amide bonds. The van der Waals surface area contributed by atoms with E-state index < -0.39 is 16.7 Å². The predicted molar refractivity (Wildman–Crippen MR) is 136 cm³/mol. The van der Waals surface area contributed by atoms with Gasteiger partial charge in [-0.15, -0.1) is 0 Å². The van der Waals surface area contributed by atoms with Crippen LogP contribution >= 0.6 is 0 Å². The molecule has 0 fully saturated rings. The molecule has 0 saturated carbocycles. The molecule has 1 N–H and O–H groups in total. The largest absolute Gasteiger partial charge is 0.497 e. The standard InChI is InChI=1S/C26H29N3O6S/c1-5-7-24(30)35-15-22-17(2)21(11-13-27-22)29-25(31)20-8-6-12-28-26(20)36(32)16-18-9-10-19(33-3)14-23(18)34-4/h6,8-14H,5,7,15-16H2,1-4H3,(H,27,29,31). The zero-order valence-electron chi connectivity index (χ0n) is 20.7. The van der Waals surface area contributed by atoms with E-state index in [1.54, 1.807) is 50.4 Å². The first-order chi connectivity index (χ1) is 17.4. The third-order valence-electron chi connectivity index (χ3n) is 5.39. The summed E-state index contributed by atoms with van der Waals surface area (Å²) in [6.45, 7) is 3.69. The van der Waals surface area contributed by atoms with Crippen molar-refractivity contribution in [2.75, 3.05) is 19.5 Å². The van der Waals surface area contributed by atoms with E-state index >= 15 is 0 Å². The molecule has 0 spiro atoms. The lowest BCUT2D eigenvalue weighted by Crippen LogP contribution is -2.17. The summed E-state index contributed by atoms with van der Waals surface area (Å²) in [7, 11) is 1.45. The van der Waals surface area contributed by atoms with Crippen molar-refractivity contribution < 1.29 is 28.0 Å². The number of pyridine rings is 2. The Morgan fingerprint density at radius 1 is 1.06 bits per heavy atom. The van der Waals surface area contributed by atoms with Gasteiger partial charge >= 0.3 is 5.97 Å². The van der Waals surface area contributed by atoms with Crippen LogP contribution in [-0.4, -0.2) is 40.3 Å². The summed E-state index contributed by atoms with van der Waals surface area (Å²) in [5.41, 5.74) is 2.61. The molecule has 0 aliphatic rings. The Bertz CT molecular complexity index is 1260. The van der Waals surface area contributed by atoms with Gasteiger partial charge in [0, 0.05) is 36.1 Å². The highest BCUT2D eigenvalue weighted by molar-refractivity contribution is 7.84. The van der Waals surface area contributed by atoms with Crippen LogP contribution in [-0.2, 0) is 32.7 Å². The van der Waals surface area contributed by atoms with E-state index in [9.17, 15) is 13.8 Å². The van der Waals surface area contributed by atoms with Gasteiger partial charge in [0.2, 0.25) is 0 Å². The minimum atomic E-state index is -1.63. The average Bonchev–Trinajstić information content (AvgIpc) is 2.89. The first-order valence-electron chi connectivity index (χ1n) is 11.3. The van der Waals surface area contributed by atoms with Gasteiger partial charge < -0.3 is 19.5 Å². The molecule has 190 valence electrons. The first kappa shape index (κ1) is 26.8. The molecule has 0 bridgehead atoms. The molecule has 0 aliphatic heterocycles. The van der Waals surface area contributed by atoms with Crippen LogP contribution in [0.15, 0.2) is 53.8 Å². The lowest BCUT2D eigenvalue weighted by atomic mass is 10.1. The molecule has 9 nitrogen and oxygen atoms in total. The molecule has 1 atom stereocenters. The van der Waals surface area contributed by atoms with Crippen molar-refractivity contribution in [3.05, 3.63) is 71.2 Å². The number of rotatable bonds is 11. The van der Waals surface area contributed by atoms with Crippen LogP contribution in [0.25, 0.3) is 0 Å². The van der Waals surface area contributed by atoms with Gasteiger partial charge in [-0.2, -0.15) is 0 Å². The number of esters is 1. The monoisotopic (exact) mass is 511 g/mol. The fourth-order valence-electron chi connectivity index (χ4n) is 3.40. The number of aromatic nitrogens is 2. The van der Waals surface area contributed by atoms with Crippen molar-refractivity contribution in [3.8, 4) is 11.5 Å². The second-order valence-electron chi connectivity index (χ2n) is 7.82. The van der Waals surface area contributed by atoms with Gasteiger partial charge in [0.1, 0.15) is 23.1 Å². The topological polar surface area (TPSA) is 117 Å². The molecule has 2 heterocycles. The maximum Gasteiger partial charge on any atom is 0.306 e. The van der Waals surface area contributed by atoms with Gasteiger partial charge in [0.15, 0.2) is 0 Å². The third-order valence-corrected chi connectivity index (χ3v) is 6.72. The number of amides is 1. The quantitative estimate of drug-likeness (QED) is 0.381. The van der Waals surface area contributed by atoms with Crippen LogP contribution < -0.4 is 14.8 Å². The van der Waals surface area contributed by atoms with Crippen LogP contribution in [0.4, 0.5) is 5.69 Å². The van der Waals surface area contributed by atoms with Crippen molar-refractivity contribution in [3.63, 3.8) is 0 Å². The minimum Gasteiger partial charge on any atom is -0.497 e. The Hall–Kier alpha value is -3.79. The second-order valence-corrected chi connectivity index (χ2v) is 9.19. The van der Waals surface area contributed by atoms with Crippen LogP contribution in [0, 0.1) is 6.92 Å². The number of hydrogen-bond donors (Lipinski definition) is 1. The smallest absolute Gasteiger partial charge is 0.306 e. The molecular formula is C26H29N3O6S. The fourth-order valence-corrected chi connectivity index (χ4v) is 4.64. The van der Waals surface area contributed by atoms with Crippen LogP contribution in [0.2, 0.25) is 0 Å². The van der Waals surface area contributed by atoms with Gasteiger partial charge in [-0.1, -0.05) is 13.0 Å². The van der Waals surface area contributed by atoms with Crippen LogP contribution in [0.1, 0.15) is 46.9 Å². The molecule has 1 aromatic carbocycles. The maximum absolute atomic E-state index is 13.3. The minimum absolute atomic E-state index is 0.0141. The van der Waals surface area contributed by atoms with E-state index in [1.807, 2.05) is 6.92 Å². The predicted octanol–water partition coefficient (Wildman–Crippen LogP) is 4.21. The van der Waals surface area contributed by atoms with E-state index in [0.717, 1.165) is 0 Å². The fraction of sp³-hybridized carbons (Fsp3) is 0.308. The molecule has 1 unspecified atom stereocenters. The van der Waals surface area contributed by atoms with Crippen molar-refractivity contribution in [2.24, 2.45) is 0 Å². The summed E-state index contributed by atoms with van der Waals surface area (Å²) in [6, 6.07) is 10.1. The Kier molecular flexibility index (Phi) is 9.52. The number of hydrogen-bond acceptors (Lipinski definition) is 8. The lowest BCUT2D eigenvalue weighted by Gasteiger charge is -2.14. The summed E-state index contributed by atoms with van der Waals surface area (Å²) in [5, 5.41) is 3.00. The van der Waals surface area contributed by atoms with Gasteiger partial charge in [0.05, 0.1) is 42.0 Å². The van der Waals surface area contributed by atoms with Crippen molar-refractivity contribution in [1.82, 2.24) is 9.97 Å². The summed E-state index contributed by atoms with van der Waals surface area (Å²) < 4.78 is 29.1. The second kappa shape index (κ2) is 12.8. The van der Waals surface area contributed by atoms with Crippen molar-refractivity contribution in [1.29, 1.82) is 0 Å². The van der Waals surface area contributed by atoms with Crippen molar-refractivity contribution in [2.45, 2.75) is 44.1 Å². The number of anilines is 1. The van der Waals surface area contributed by atoms with Crippen molar-refractivity contribution >= 4 is 28.4 Å².